The van der Waals surface area contributed by atoms with Crippen LogP contribution in [0.15, 0.2) is 18.2 Å². The second-order valence-electron chi connectivity index (χ2n) is 3.49. The predicted octanol–water partition coefficient (Wildman–Crippen LogP) is 2.31. The van der Waals surface area contributed by atoms with Crippen LogP contribution in [-0.4, -0.2) is 15.7 Å². The van der Waals surface area contributed by atoms with Gasteiger partial charge in [0.25, 0.3) is 0 Å². The van der Waals surface area contributed by atoms with Gasteiger partial charge < -0.3 is 0 Å². The summed E-state index contributed by atoms with van der Waals surface area (Å²) in [5.74, 6) is -0.0441. The van der Waals surface area contributed by atoms with Gasteiger partial charge in [-0.25, -0.2) is 0 Å². The highest BCUT2D eigenvalue weighted by atomic mass is 16.2. The summed E-state index contributed by atoms with van der Waals surface area (Å²) in [6.45, 7) is 5.43. The molecule has 0 bridgehead atoms. The number of hydrogen-bond acceptors (Lipinski definition) is 2. The molecular formula is C11H12N2O. The Morgan fingerprint density at radius 1 is 1.36 bits per heavy atom. The maximum atomic E-state index is 11.3. The highest BCUT2D eigenvalue weighted by molar-refractivity contribution is 5.93. The highest BCUT2D eigenvalue weighted by Gasteiger charge is 2.11. The number of hydrogen-bond donors (Lipinski definition) is 0. The van der Waals surface area contributed by atoms with Crippen molar-refractivity contribution in [3.63, 3.8) is 0 Å². The zero-order chi connectivity index (χ0) is 10.3. The Morgan fingerprint density at radius 2 is 2.07 bits per heavy atom. The number of carbonyl (C=O) groups is 1. The maximum absolute atomic E-state index is 11.3. The SMILES string of the molecule is CC(=O)n1nc(C)c2cccc(C)c21. The number of aromatic nitrogens is 2. The molecule has 3 nitrogen and oxygen atoms in total. The minimum atomic E-state index is -0.0441. The molecule has 14 heavy (non-hydrogen) atoms. The molecule has 2 aromatic rings. The molecule has 0 saturated carbocycles. The lowest BCUT2D eigenvalue weighted by Crippen LogP contribution is -2.07. The van der Waals surface area contributed by atoms with Gasteiger partial charge in [0.1, 0.15) is 0 Å². The monoisotopic (exact) mass is 188 g/mol. The van der Waals surface area contributed by atoms with Gasteiger partial charge in [-0.3, -0.25) is 4.79 Å². The van der Waals surface area contributed by atoms with Crippen molar-refractivity contribution >= 4 is 16.8 Å². The van der Waals surface area contributed by atoms with Crippen LogP contribution in [-0.2, 0) is 0 Å². The summed E-state index contributed by atoms with van der Waals surface area (Å²) in [5, 5.41) is 5.27. The molecule has 0 aliphatic rings. The van der Waals surface area contributed by atoms with E-state index in [-0.39, 0.29) is 5.91 Å². The van der Waals surface area contributed by atoms with Gasteiger partial charge in [0.15, 0.2) is 0 Å². The fraction of sp³-hybridized carbons (Fsp3) is 0.273. The third-order valence-electron chi connectivity index (χ3n) is 2.39. The molecular weight excluding hydrogens is 176 g/mol. The fourth-order valence-electron chi connectivity index (χ4n) is 1.71. The first-order valence-electron chi connectivity index (χ1n) is 4.57. The van der Waals surface area contributed by atoms with Crippen molar-refractivity contribution < 1.29 is 4.79 Å². The van der Waals surface area contributed by atoms with Gasteiger partial charge in [-0.05, 0) is 19.4 Å². The summed E-state index contributed by atoms with van der Waals surface area (Å²) >= 11 is 0. The van der Waals surface area contributed by atoms with E-state index in [0.29, 0.717) is 0 Å². The topological polar surface area (TPSA) is 34.9 Å². The smallest absolute Gasteiger partial charge is 0.244 e. The average molecular weight is 188 g/mol. The molecule has 1 aromatic carbocycles. The first-order valence-corrected chi connectivity index (χ1v) is 4.57. The standard InChI is InChI=1S/C11H12N2O/c1-7-5-4-6-10-8(2)12-13(9(3)14)11(7)10/h4-6H,1-3H3. The quantitative estimate of drug-likeness (QED) is 0.636. The molecule has 0 aliphatic heterocycles. The van der Waals surface area contributed by atoms with Crippen LogP contribution in [0.4, 0.5) is 0 Å². The van der Waals surface area contributed by atoms with Crippen molar-refractivity contribution in [2.24, 2.45) is 0 Å². The molecule has 0 saturated heterocycles. The molecule has 0 atom stereocenters. The summed E-state index contributed by atoms with van der Waals surface area (Å²) in [7, 11) is 0. The lowest BCUT2D eigenvalue weighted by Gasteiger charge is -1.99. The molecule has 0 spiro atoms. The third-order valence-corrected chi connectivity index (χ3v) is 2.39. The predicted molar refractivity (Wildman–Crippen MR) is 55.5 cm³/mol. The van der Waals surface area contributed by atoms with E-state index >= 15 is 0 Å². The van der Waals surface area contributed by atoms with E-state index in [2.05, 4.69) is 5.10 Å². The minimum absolute atomic E-state index is 0.0441. The minimum Gasteiger partial charge on any atom is -0.273 e. The number of para-hydroxylation sites is 1. The number of aryl methyl sites for hydroxylation is 2. The molecule has 0 unspecified atom stereocenters. The summed E-state index contributed by atoms with van der Waals surface area (Å²) in [6.07, 6.45) is 0. The first-order chi connectivity index (χ1) is 6.61. The normalized spacial score (nSPS) is 10.8. The molecule has 0 N–H and O–H groups in total. The number of fused-ring (bicyclic) bond motifs is 1. The van der Waals surface area contributed by atoms with E-state index in [1.165, 1.54) is 11.6 Å². The molecule has 0 amide bonds. The van der Waals surface area contributed by atoms with Crippen LogP contribution in [0.3, 0.4) is 0 Å². The van der Waals surface area contributed by atoms with E-state index in [0.717, 1.165) is 22.2 Å². The first kappa shape index (κ1) is 8.94. The summed E-state index contributed by atoms with van der Waals surface area (Å²) in [5.41, 5.74) is 2.91. The largest absolute Gasteiger partial charge is 0.273 e. The zero-order valence-electron chi connectivity index (χ0n) is 8.53. The van der Waals surface area contributed by atoms with Crippen LogP contribution in [0.2, 0.25) is 0 Å². The van der Waals surface area contributed by atoms with Crippen molar-refractivity contribution in [2.75, 3.05) is 0 Å². The Hall–Kier alpha value is -1.64. The summed E-state index contributed by atoms with van der Waals surface area (Å²) < 4.78 is 1.47. The van der Waals surface area contributed by atoms with Gasteiger partial charge in [-0.1, -0.05) is 18.2 Å². The zero-order valence-corrected chi connectivity index (χ0v) is 8.53. The van der Waals surface area contributed by atoms with Gasteiger partial charge in [0.2, 0.25) is 5.91 Å². The van der Waals surface area contributed by atoms with Crippen molar-refractivity contribution in [1.29, 1.82) is 0 Å². The summed E-state index contributed by atoms with van der Waals surface area (Å²) in [6, 6.07) is 5.96. The maximum Gasteiger partial charge on any atom is 0.244 e. The molecule has 0 radical (unpaired) electrons. The van der Waals surface area contributed by atoms with E-state index in [9.17, 15) is 4.79 Å². The van der Waals surface area contributed by atoms with Gasteiger partial charge in [0.05, 0.1) is 11.2 Å². The van der Waals surface area contributed by atoms with Crippen molar-refractivity contribution in [2.45, 2.75) is 20.8 Å². The Kier molecular flexibility index (Phi) is 1.88. The third kappa shape index (κ3) is 1.13. The fourth-order valence-corrected chi connectivity index (χ4v) is 1.71. The van der Waals surface area contributed by atoms with E-state index in [1.807, 2.05) is 32.0 Å². The van der Waals surface area contributed by atoms with E-state index in [1.54, 1.807) is 0 Å². The molecule has 3 heteroatoms. The van der Waals surface area contributed by atoms with E-state index < -0.39 is 0 Å². The number of carbonyl (C=O) groups excluding carboxylic acids is 1. The Morgan fingerprint density at radius 3 is 2.71 bits per heavy atom. The number of benzene rings is 1. The van der Waals surface area contributed by atoms with Crippen molar-refractivity contribution in [3.8, 4) is 0 Å². The Balaban J connectivity index is 2.93. The average Bonchev–Trinajstić information content (AvgIpc) is 2.46. The van der Waals surface area contributed by atoms with Gasteiger partial charge in [0, 0.05) is 12.3 Å². The van der Waals surface area contributed by atoms with Crippen LogP contribution in [0.25, 0.3) is 10.9 Å². The van der Waals surface area contributed by atoms with Crippen LogP contribution >= 0.6 is 0 Å². The lowest BCUT2D eigenvalue weighted by atomic mass is 10.1. The molecule has 1 heterocycles. The molecule has 0 fully saturated rings. The van der Waals surface area contributed by atoms with Crippen LogP contribution < -0.4 is 0 Å². The Labute approximate surface area is 82.3 Å². The molecule has 72 valence electrons. The van der Waals surface area contributed by atoms with Crippen LogP contribution in [0, 0.1) is 13.8 Å². The van der Waals surface area contributed by atoms with Gasteiger partial charge in [-0.15, -0.1) is 0 Å². The highest BCUT2D eigenvalue weighted by Crippen LogP contribution is 2.21. The number of rotatable bonds is 0. The second kappa shape index (κ2) is 2.94. The molecule has 1 aromatic heterocycles. The van der Waals surface area contributed by atoms with Gasteiger partial charge >= 0.3 is 0 Å². The number of nitrogens with zero attached hydrogens (tertiary/aromatic N) is 2. The Bertz CT molecular complexity index is 511. The second-order valence-corrected chi connectivity index (χ2v) is 3.49. The summed E-state index contributed by atoms with van der Waals surface area (Å²) in [4.78, 5) is 11.3. The van der Waals surface area contributed by atoms with Crippen molar-refractivity contribution in [3.05, 3.63) is 29.5 Å². The van der Waals surface area contributed by atoms with Gasteiger partial charge in [-0.2, -0.15) is 9.78 Å². The lowest BCUT2D eigenvalue weighted by molar-refractivity contribution is 0.0926. The van der Waals surface area contributed by atoms with E-state index in [4.69, 9.17) is 0 Å². The van der Waals surface area contributed by atoms with Crippen molar-refractivity contribution in [1.82, 2.24) is 9.78 Å². The molecule has 2 rings (SSSR count). The van der Waals surface area contributed by atoms with Crippen LogP contribution in [0.5, 0.6) is 0 Å². The van der Waals surface area contributed by atoms with Crippen LogP contribution in [0.1, 0.15) is 23.0 Å². The molecule has 0 aliphatic carbocycles.